The highest BCUT2D eigenvalue weighted by molar-refractivity contribution is 9.10. The molecule has 0 unspecified atom stereocenters. The molecular weight excluding hydrogens is 447 g/mol. The standard InChI is InChI=1S/C21H13BrF3N3O/c22-16-6-8-18(9-7-16)28-10-2-5-19(28)11-14(13-26)20(29)27-17-4-1-3-15(12-17)21(23,24)25/h1-12H,(H,27,29)/b14-11-. The summed E-state index contributed by atoms with van der Waals surface area (Å²) in [5.41, 5.74) is 0.221. The Kier molecular flexibility index (Phi) is 5.89. The third kappa shape index (κ3) is 4.95. The highest BCUT2D eigenvalue weighted by Crippen LogP contribution is 2.30. The van der Waals surface area contributed by atoms with Crippen LogP contribution in [0.2, 0.25) is 0 Å². The number of nitrogens with one attached hydrogen (secondary N) is 1. The summed E-state index contributed by atoms with van der Waals surface area (Å²) in [5.74, 6) is -0.796. The average Bonchev–Trinajstić information content (AvgIpc) is 3.14. The van der Waals surface area contributed by atoms with Crippen LogP contribution in [-0.4, -0.2) is 10.5 Å². The van der Waals surface area contributed by atoms with Gasteiger partial charge in [-0.15, -0.1) is 0 Å². The zero-order valence-corrected chi connectivity index (χ0v) is 16.3. The Hall–Kier alpha value is -3.31. The highest BCUT2D eigenvalue weighted by atomic mass is 79.9. The van der Waals surface area contributed by atoms with Crippen LogP contribution in [0.5, 0.6) is 0 Å². The number of benzene rings is 2. The highest BCUT2D eigenvalue weighted by Gasteiger charge is 2.30. The molecule has 2 aromatic carbocycles. The predicted octanol–water partition coefficient (Wildman–Crippen LogP) is 5.80. The summed E-state index contributed by atoms with van der Waals surface area (Å²) >= 11 is 3.36. The largest absolute Gasteiger partial charge is 0.416 e. The number of hydrogen-bond donors (Lipinski definition) is 1. The van der Waals surface area contributed by atoms with Gasteiger partial charge in [0.25, 0.3) is 5.91 Å². The van der Waals surface area contributed by atoms with Gasteiger partial charge in [-0.1, -0.05) is 22.0 Å². The normalized spacial score (nSPS) is 11.8. The molecule has 0 radical (unpaired) electrons. The Morgan fingerprint density at radius 1 is 1.10 bits per heavy atom. The van der Waals surface area contributed by atoms with Crippen molar-refractivity contribution in [3.8, 4) is 11.8 Å². The summed E-state index contributed by atoms with van der Waals surface area (Å²) in [4.78, 5) is 12.4. The van der Waals surface area contributed by atoms with Crippen LogP contribution in [0.15, 0.2) is 76.9 Å². The van der Waals surface area contributed by atoms with E-state index in [0.29, 0.717) is 5.69 Å². The van der Waals surface area contributed by atoms with E-state index in [2.05, 4.69) is 21.2 Å². The topological polar surface area (TPSA) is 57.8 Å². The Labute approximate surface area is 173 Å². The van der Waals surface area contributed by atoms with Gasteiger partial charge in [0.1, 0.15) is 11.6 Å². The van der Waals surface area contributed by atoms with Gasteiger partial charge in [0, 0.05) is 27.7 Å². The smallest absolute Gasteiger partial charge is 0.321 e. The third-order valence-corrected chi connectivity index (χ3v) is 4.52. The number of alkyl halides is 3. The van der Waals surface area contributed by atoms with Gasteiger partial charge < -0.3 is 9.88 Å². The lowest BCUT2D eigenvalue weighted by Crippen LogP contribution is -2.14. The number of halogens is 4. The molecule has 8 heteroatoms. The van der Waals surface area contributed by atoms with E-state index in [1.54, 1.807) is 29.0 Å². The van der Waals surface area contributed by atoms with Gasteiger partial charge in [-0.2, -0.15) is 18.4 Å². The molecule has 0 fully saturated rings. The molecule has 4 nitrogen and oxygen atoms in total. The number of nitrogens with zero attached hydrogens (tertiary/aromatic N) is 2. The minimum Gasteiger partial charge on any atom is -0.321 e. The monoisotopic (exact) mass is 459 g/mol. The zero-order chi connectivity index (χ0) is 21.0. The maximum Gasteiger partial charge on any atom is 0.416 e. The molecule has 1 heterocycles. The maximum atomic E-state index is 12.8. The van der Waals surface area contributed by atoms with Crippen molar-refractivity contribution in [1.82, 2.24) is 4.57 Å². The molecule has 0 saturated heterocycles. The van der Waals surface area contributed by atoms with Crippen molar-refractivity contribution >= 4 is 33.6 Å². The van der Waals surface area contributed by atoms with Crippen LogP contribution in [-0.2, 0) is 11.0 Å². The van der Waals surface area contributed by atoms with Crippen LogP contribution in [0.4, 0.5) is 18.9 Å². The van der Waals surface area contributed by atoms with Crippen LogP contribution in [0.3, 0.4) is 0 Å². The fourth-order valence-corrected chi connectivity index (χ4v) is 2.88. The van der Waals surface area contributed by atoms with Gasteiger partial charge in [0.2, 0.25) is 0 Å². The molecule has 0 spiro atoms. The van der Waals surface area contributed by atoms with Gasteiger partial charge in [0.15, 0.2) is 0 Å². The van der Waals surface area contributed by atoms with Crippen molar-refractivity contribution in [3.63, 3.8) is 0 Å². The Morgan fingerprint density at radius 2 is 1.83 bits per heavy atom. The lowest BCUT2D eigenvalue weighted by atomic mass is 10.1. The predicted molar refractivity (Wildman–Crippen MR) is 107 cm³/mol. The van der Waals surface area contributed by atoms with Gasteiger partial charge in [-0.3, -0.25) is 4.79 Å². The van der Waals surface area contributed by atoms with Crippen LogP contribution >= 0.6 is 15.9 Å². The fraction of sp³-hybridized carbons (Fsp3) is 0.0476. The summed E-state index contributed by atoms with van der Waals surface area (Å²) in [6.45, 7) is 0. The summed E-state index contributed by atoms with van der Waals surface area (Å²) in [7, 11) is 0. The van der Waals surface area contributed by atoms with Crippen LogP contribution in [0.1, 0.15) is 11.3 Å². The van der Waals surface area contributed by atoms with E-state index in [1.165, 1.54) is 18.2 Å². The van der Waals surface area contributed by atoms with Gasteiger partial charge in [0.05, 0.1) is 5.56 Å². The molecule has 0 atom stereocenters. The number of nitriles is 1. The van der Waals surface area contributed by atoms with Crippen LogP contribution in [0.25, 0.3) is 11.8 Å². The van der Waals surface area contributed by atoms with Crippen molar-refractivity contribution in [1.29, 1.82) is 5.26 Å². The van der Waals surface area contributed by atoms with E-state index in [-0.39, 0.29) is 11.3 Å². The molecule has 0 aliphatic carbocycles. The second-order valence-electron chi connectivity index (χ2n) is 5.98. The summed E-state index contributed by atoms with van der Waals surface area (Å²) < 4.78 is 41.2. The van der Waals surface area contributed by atoms with Crippen LogP contribution in [0, 0.1) is 11.3 Å². The van der Waals surface area contributed by atoms with Crippen molar-refractivity contribution in [2.45, 2.75) is 6.18 Å². The Bertz CT molecular complexity index is 1110. The molecule has 0 aliphatic heterocycles. The number of rotatable bonds is 4. The molecule has 0 saturated carbocycles. The van der Waals surface area contributed by atoms with E-state index in [1.807, 2.05) is 24.3 Å². The van der Waals surface area contributed by atoms with E-state index in [4.69, 9.17) is 0 Å². The van der Waals surface area contributed by atoms with Crippen molar-refractivity contribution in [2.24, 2.45) is 0 Å². The van der Waals surface area contributed by atoms with Gasteiger partial charge in [-0.25, -0.2) is 0 Å². The fourth-order valence-electron chi connectivity index (χ4n) is 2.62. The molecule has 3 rings (SSSR count). The molecule has 3 aromatic rings. The number of anilines is 1. The number of carbonyl (C=O) groups is 1. The van der Waals surface area contributed by atoms with Crippen molar-refractivity contribution in [2.75, 3.05) is 5.32 Å². The minimum absolute atomic E-state index is 0.0470. The molecule has 1 N–H and O–H groups in total. The Balaban J connectivity index is 1.86. The van der Waals surface area contributed by atoms with E-state index in [0.717, 1.165) is 22.3 Å². The lowest BCUT2D eigenvalue weighted by molar-refractivity contribution is -0.137. The first-order chi connectivity index (χ1) is 13.8. The summed E-state index contributed by atoms with van der Waals surface area (Å²) in [5, 5.41) is 11.7. The number of carbonyl (C=O) groups excluding carboxylic acids is 1. The molecule has 146 valence electrons. The Morgan fingerprint density at radius 3 is 2.48 bits per heavy atom. The second-order valence-corrected chi connectivity index (χ2v) is 6.90. The molecule has 0 bridgehead atoms. The molecule has 1 aromatic heterocycles. The molecule has 29 heavy (non-hydrogen) atoms. The van der Waals surface area contributed by atoms with E-state index >= 15 is 0 Å². The van der Waals surface area contributed by atoms with Gasteiger partial charge >= 0.3 is 6.18 Å². The summed E-state index contributed by atoms with van der Waals surface area (Å²) in [6.07, 6.45) is -1.38. The van der Waals surface area contributed by atoms with E-state index < -0.39 is 17.6 Å². The quantitative estimate of drug-likeness (QED) is 0.395. The molecule has 1 amide bonds. The number of amides is 1. The first-order valence-corrected chi connectivity index (χ1v) is 9.11. The van der Waals surface area contributed by atoms with Crippen molar-refractivity contribution < 1.29 is 18.0 Å². The number of aromatic nitrogens is 1. The SMILES string of the molecule is N#C/C(=C/c1cccn1-c1ccc(Br)cc1)C(=O)Nc1cccc(C(F)(F)F)c1. The average molecular weight is 460 g/mol. The maximum absolute atomic E-state index is 12.8. The second kappa shape index (κ2) is 8.37. The van der Waals surface area contributed by atoms with Crippen molar-refractivity contribution in [3.05, 3.63) is 88.2 Å². The first kappa shape index (κ1) is 20.4. The lowest BCUT2D eigenvalue weighted by Gasteiger charge is -2.10. The summed E-state index contributed by atoms with van der Waals surface area (Å²) in [6, 6.07) is 16.9. The van der Waals surface area contributed by atoms with E-state index in [9.17, 15) is 23.2 Å². The zero-order valence-electron chi connectivity index (χ0n) is 14.7. The third-order valence-electron chi connectivity index (χ3n) is 3.99. The van der Waals surface area contributed by atoms with Gasteiger partial charge in [-0.05, 0) is 60.7 Å². The molecule has 0 aliphatic rings. The molecular formula is C21H13BrF3N3O. The minimum atomic E-state index is -4.53. The number of hydrogen-bond acceptors (Lipinski definition) is 2. The first-order valence-electron chi connectivity index (χ1n) is 8.31. The van der Waals surface area contributed by atoms with Crippen LogP contribution < -0.4 is 5.32 Å².